The number of hydrogen-bond donors (Lipinski definition) is 2. The monoisotopic (exact) mass is 387 g/mol. The third kappa shape index (κ3) is 4.81. The number of carbonyl (C=O) groups excluding carboxylic acids is 1. The Kier molecular flexibility index (Phi) is 5.86. The molecule has 1 fully saturated rings. The normalized spacial score (nSPS) is 15.5. The first kappa shape index (κ1) is 17.0. The van der Waals surface area contributed by atoms with Gasteiger partial charge < -0.3 is 10.6 Å². The van der Waals surface area contributed by atoms with Crippen LogP contribution in [0.1, 0.15) is 48.9 Å². The van der Waals surface area contributed by atoms with E-state index in [4.69, 9.17) is 0 Å². The van der Waals surface area contributed by atoms with Crippen LogP contribution in [0.25, 0.3) is 0 Å². The highest BCUT2D eigenvalue weighted by Crippen LogP contribution is 2.21. The van der Waals surface area contributed by atoms with E-state index in [0.29, 0.717) is 17.3 Å². The van der Waals surface area contributed by atoms with Crippen LogP contribution in [0.5, 0.6) is 0 Å². The molecule has 126 valence electrons. The maximum absolute atomic E-state index is 12.2. The summed E-state index contributed by atoms with van der Waals surface area (Å²) in [5, 5.41) is 6.39. The molecule has 1 amide bonds. The lowest BCUT2D eigenvalue weighted by Gasteiger charge is -2.17. The summed E-state index contributed by atoms with van der Waals surface area (Å²) in [7, 11) is 0. The van der Waals surface area contributed by atoms with Gasteiger partial charge in [0.15, 0.2) is 0 Å². The average Bonchev–Trinajstić information content (AvgIpc) is 2.85. The van der Waals surface area contributed by atoms with Gasteiger partial charge in [-0.1, -0.05) is 47.7 Å². The van der Waals surface area contributed by atoms with Crippen molar-refractivity contribution in [1.29, 1.82) is 0 Å². The first-order valence-electron chi connectivity index (χ1n) is 8.50. The van der Waals surface area contributed by atoms with Crippen molar-refractivity contribution in [2.24, 2.45) is 0 Å². The van der Waals surface area contributed by atoms with E-state index < -0.39 is 0 Å². The van der Waals surface area contributed by atoms with E-state index in [-0.39, 0.29) is 5.91 Å². The van der Waals surface area contributed by atoms with Crippen molar-refractivity contribution in [3.63, 3.8) is 0 Å². The number of amides is 1. The van der Waals surface area contributed by atoms with Crippen LogP contribution in [-0.2, 0) is 0 Å². The highest BCUT2D eigenvalue weighted by Gasteiger charge is 2.12. The minimum atomic E-state index is -0.137. The lowest BCUT2D eigenvalue weighted by Crippen LogP contribution is -2.19. The number of halogens is 1. The lowest BCUT2D eigenvalue weighted by atomic mass is 10.1. The number of pyridine rings is 1. The highest BCUT2D eigenvalue weighted by atomic mass is 79.9. The molecule has 1 saturated carbocycles. The minimum absolute atomic E-state index is 0.137. The van der Waals surface area contributed by atoms with Gasteiger partial charge in [-0.3, -0.25) is 4.79 Å². The molecule has 0 aliphatic heterocycles. The SMILES string of the molecule is O=C(Nc1ccc(NC2CCCCCC2)nc1)c1cccc(Br)c1. The molecule has 3 rings (SSSR count). The predicted molar refractivity (Wildman–Crippen MR) is 101 cm³/mol. The predicted octanol–water partition coefficient (Wildman–Crippen LogP) is 5.23. The van der Waals surface area contributed by atoms with E-state index in [1.54, 1.807) is 18.3 Å². The van der Waals surface area contributed by atoms with Crippen molar-refractivity contribution in [3.05, 3.63) is 52.6 Å². The summed E-state index contributed by atoms with van der Waals surface area (Å²) in [6.45, 7) is 0. The maximum Gasteiger partial charge on any atom is 0.255 e. The summed E-state index contributed by atoms with van der Waals surface area (Å²) >= 11 is 3.38. The summed E-state index contributed by atoms with van der Waals surface area (Å²) in [4.78, 5) is 16.7. The average molecular weight is 388 g/mol. The van der Waals surface area contributed by atoms with Crippen molar-refractivity contribution >= 4 is 33.3 Å². The van der Waals surface area contributed by atoms with Gasteiger partial charge in [0.2, 0.25) is 0 Å². The topological polar surface area (TPSA) is 54.0 Å². The minimum Gasteiger partial charge on any atom is -0.367 e. The lowest BCUT2D eigenvalue weighted by molar-refractivity contribution is 0.102. The van der Waals surface area contributed by atoms with Gasteiger partial charge in [-0.2, -0.15) is 0 Å². The zero-order valence-electron chi connectivity index (χ0n) is 13.6. The number of carbonyl (C=O) groups is 1. The summed E-state index contributed by atoms with van der Waals surface area (Å²) in [5.74, 6) is 0.741. The van der Waals surface area contributed by atoms with Gasteiger partial charge in [-0.25, -0.2) is 4.98 Å². The Hall–Kier alpha value is -1.88. The number of nitrogens with one attached hydrogen (secondary N) is 2. The van der Waals surface area contributed by atoms with E-state index in [0.717, 1.165) is 10.3 Å². The van der Waals surface area contributed by atoms with Gasteiger partial charge in [0.1, 0.15) is 5.82 Å². The molecule has 4 nitrogen and oxygen atoms in total. The zero-order valence-corrected chi connectivity index (χ0v) is 15.2. The van der Waals surface area contributed by atoms with Crippen LogP contribution in [0.2, 0.25) is 0 Å². The molecule has 2 N–H and O–H groups in total. The molecule has 0 spiro atoms. The molecule has 0 saturated heterocycles. The number of aromatic nitrogens is 1. The summed E-state index contributed by atoms with van der Waals surface area (Å²) in [5.41, 5.74) is 1.32. The second kappa shape index (κ2) is 8.29. The van der Waals surface area contributed by atoms with Crippen LogP contribution < -0.4 is 10.6 Å². The van der Waals surface area contributed by atoms with Gasteiger partial charge in [0, 0.05) is 16.1 Å². The number of rotatable bonds is 4. The van der Waals surface area contributed by atoms with Crippen LogP contribution in [0.4, 0.5) is 11.5 Å². The third-order valence-electron chi connectivity index (χ3n) is 4.32. The van der Waals surface area contributed by atoms with Crippen LogP contribution >= 0.6 is 15.9 Å². The fourth-order valence-electron chi connectivity index (χ4n) is 3.02. The van der Waals surface area contributed by atoms with E-state index in [9.17, 15) is 4.79 Å². The summed E-state index contributed by atoms with van der Waals surface area (Å²) < 4.78 is 0.885. The van der Waals surface area contributed by atoms with E-state index >= 15 is 0 Å². The van der Waals surface area contributed by atoms with E-state index in [2.05, 4.69) is 31.5 Å². The Morgan fingerprint density at radius 1 is 1.08 bits per heavy atom. The Balaban J connectivity index is 1.58. The molecule has 2 aromatic rings. The Labute approximate surface area is 151 Å². The largest absolute Gasteiger partial charge is 0.367 e. The molecule has 1 aromatic carbocycles. The van der Waals surface area contributed by atoms with Crippen LogP contribution in [-0.4, -0.2) is 16.9 Å². The van der Waals surface area contributed by atoms with Crippen molar-refractivity contribution in [3.8, 4) is 0 Å². The molecule has 0 unspecified atom stereocenters. The van der Waals surface area contributed by atoms with Gasteiger partial charge in [-0.05, 0) is 43.2 Å². The highest BCUT2D eigenvalue weighted by molar-refractivity contribution is 9.10. The molecule has 1 aromatic heterocycles. The van der Waals surface area contributed by atoms with Crippen molar-refractivity contribution in [2.45, 2.75) is 44.6 Å². The molecule has 24 heavy (non-hydrogen) atoms. The molecule has 1 aliphatic rings. The molecule has 0 radical (unpaired) electrons. The third-order valence-corrected chi connectivity index (χ3v) is 4.81. The van der Waals surface area contributed by atoms with E-state index in [1.807, 2.05) is 24.3 Å². The second-order valence-corrected chi connectivity index (χ2v) is 7.15. The maximum atomic E-state index is 12.2. The second-order valence-electron chi connectivity index (χ2n) is 6.23. The first-order chi connectivity index (χ1) is 11.7. The summed E-state index contributed by atoms with van der Waals surface area (Å²) in [6.07, 6.45) is 9.39. The standard InChI is InChI=1S/C19H22BrN3O/c20-15-7-5-6-14(12-15)19(24)23-17-10-11-18(21-13-17)22-16-8-3-1-2-4-9-16/h5-7,10-13,16H,1-4,8-9H2,(H,21,22)(H,23,24). The molecule has 0 atom stereocenters. The number of benzene rings is 1. The molecular formula is C19H22BrN3O. The Morgan fingerprint density at radius 2 is 1.88 bits per heavy atom. The smallest absolute Gasteiger partial charge is 0.255 e. The number of hydrogen-bond acceptors (Lipinski definition) is 3. The molecular weight excluding hydrogens is 366 g/mol. The molecule has 1 heterocycles. The quantitative estimate of drug-likeness (QED) is 0.705. The first-order valence-corrected chi connectivity index (χ1v) is 9.29. The summed E-state index contributed by atoms with van der Waals surface area (Å²) in [6, 6.07) is 11.7. The van der Waals surface area contributed by atoms with Crippen LogP contribution in [0.15, 0.2) is 47.1 Å². The Morgan fingerprint density at radius 3 is 2.54 bits per heavy atom. The van der Waals surface area contributed by atoms with Crippen molar-refractivity contribution in [1.82, 2.24) is 4.98 Å². The fourth-order valence-corrected chi connectivity index (χ4v) is 3.42. The molecule has 5 heteroatoms. The number of anilines is 2. The zero-order chi connectivity index (χ0) is 16.8. The van der Waals surface area contributed by atoms with Crippen LogP contribution in [0.3, 0.4) is 0 Å². The van der Waals surface area contributed by atoms with E-state index in [1.165, 1.54) is 38.5 Å². The van der Waals surface area contributed by atoms with Gasteiger partial charge in [0.25, 0.3) is 5.91 Å². The molecule has 1 aliphatic carbocycles. The van der Waals surface area contributed by atoms with Crippen LogP contribution in [0, 0.1) is 0 Å². The fraction of sp³-hybridized carbons (Fsp3) is 0.368. The molecule has 0 bridgehead atoms. The van der Waals surface area contributed by atoms with Gasteiger partial charge in [0.05, 0.1) is 11.9 Å². The van der Waals surface area contributed by atoms with Gasteiger partial charge >= 0.3 is 0 Å². The van der Waals surface area contributed by atoms with Gasteiger partial charge in [-0.15, -0.1) is 0 Å². The van der Waals surface area contributed by atoms with Crippen molar-refractivity contribution in [2.75, 3.05) is 10.6 Å². The Bertz CT molecular complexity index is 679. The van der Waals surface area contributed by atoms with Crippen molar-refractivity contribution < 1.29 is 4.79 Å². The number of nitrogens with zero attached hydrogens (tertiary/aromatic N) is 1.